The van der Waals surface area contributed by atoms with Crippen molar-refractivity contribution in [3.63, 3.8) is 0 Å². The van der Waals surface area contributed by atoms with E-state index in [1.54, 1.807) is 7.05 Å². The third kappa shape index (κ3) is 3.96. The second-order valence-electron chi connectivity index (χ2n) is 4.89. The van der Waals surface area contributed by atoms with Crippen molar-refractivity contribution in [2.45, 2.75) is 45.6 Å². The highest BCUT2D eigenvalue weighted by Gasteiger charge is 2.26. The van der Waals surface area contributed by atoms with Crippen molar-refractivity contribution in [1.82, 2.24) is 5.32 Å². The first-order valence-corrected chi connectivity index (χ1v) is 6.86. The predicted molar refractivity (Wildman–Crippen MR) is 71.4 cm³/mol. The highest BCUT2D eigenvalue weighted by atomic mass is 19.1. The van der Waals surface area contributed by atoms with Crippen molar-refractivity contribution in [3.8, 4) is 0 Å². The van der Waals surface area contributed by atoms with Crippen molar-refractivity contribution in [1.29, 1.82) is 0 Å². The van der Waals surface area contributed by atoms with Gasteiger partial charge in [-0.15, -0.1) is 0 Å². The predicted octanol–water partition coefficient (Wildman–Crippen LogP) is 4.58. The summed E-state index contributed by atoms with van der Waals surface area (Å²) in [6, 6.07) is 1.08. The van der Waals surface area contributed by atoms with Crippen LogP contribution in [0.2, 0.25) is 0 Å². The fourth-order valence-electron chi connectivity index (χ4n) is 2.69. The van der Waals surface area contributed by atoms with E-state index in [2.05, 4.69) is 5.32 Å². The van der Waals surface area contributed by atoms with Crippen molar-refractivity contribution < 1.29 is 13.2 Å². The average molecular weight is 273 g/mol. The summed E-state index contributed by atoms with van der Waals surface area (Å²) in [5.41, 5.74) is -0.0456. The van der Waals surface area contributed by atoms with Gasteiger partial charge in [0.2, 0.25) is 0 Å². The van der Waals surface area contributed by atoms with E-state index < -0.39 is 23.5 Å². The van der Waals surface area contributed by atoms with Crippen LogP contribution in [0, 0.1) is 23.4 Å². The molecule has 1 rings (SSSR count). The van der Waals surface area contributed by atoms with Gasteiger partial charge in [-0.05, 0) is 25.8 Å². The molecule has 1 N–H and O–H groups in total. The fraction of sp³-hybridized carbons (Fsp3) is 0.600. The molecular formula is C15H22F3N. The van der Waals surface area contributed by atoms with Crippen LogP contribution < -0.4 is 5.32 Å². The Kier molecular flexibility index (Phi) is 6.35. The van der Waals surface area contributed by atoms with E-state index in [0.717, 1.165) is 37.8 Å². The fourth-order valence-corrected chi connectivity index (χ4v) is 2.69. The molecule has 0 aromatic heterocycles. The van der Waals surface area contributed by atoms with Crippen LogP contribution in [0.3, 0.4) is 0 Å². The Morgan fingerprint density at radius 2 is 1.47 bits per heavy atom. The van der Waals surface area contributed by atoms with Crippen LogP contribution in [0.1, 0.15) is 51.1 Å². The molecule has 0 aliphatic carbocycles. The van der Waals surface area contributed by atoms with E-state index in [1.807, 2.05) is 13.8 Å². The van der Waals surface area contributed by atoms with Gasteiger partial charge in [0.05, 0.1) is 0 Å². The van der Waals surface area contributed by atoms with Crippen LogP contribution in [-0.4, -0.2) is 7.05 Å². The molecule has 1 unspecified atom stereocenters. The summed E-state index contributed by atoms with van der Waals surface area (Å²) in [4.78, 5) is 0. The van der Waals surface area contributed by atoms with Gasteiger partial charge >= 0.3 is 0 Å². The molecule has 0 fully saturated rings. The van der Waals surface area contributed by atoms with Crippen molar-refractivity contribution in [2.75, 3.05) is 7.05 Å². The van der Waals surface area contributed by atoms with Gasteiger partial charge in [-0.3, -0.25) is 0 Å². The van der Waals surface area contributed by atoms with Crippen LogP contribution >= 0.6 is 0 Å². The number of rotatable bonds is 7. The first-order chi connectivity index (χ1) is 9.04. The molecule has 1 aromatic rings. The zero-order valence-corrected chi connectivity index (χ0v) is 11.8. The summed E-state index contributed by atoms with van der Waals surface area (Å²) in [6.07, 6.45) is 3.67. The summed E-state index contributed by atoms with van der Waals surface area (Å²) < 4.78 is 40.7. The highest BCUT2D eigenvalue weighted by Crippen LogP contribution is 2.32. The first kappa shape index (κ1) is 16.0. The lowest BCUT2D eigenvalue weighted by atomic mass is 9.85. The number of hydrogen-bond donors (Lipinski definition) is 1. The zero-order chi connectivity index (χ0) is 14.4. The molecule has 0 spiro atoms. The Morgan fingerprint density at radius 3 is 1.84 bits per heavy atom. The lowest BCUT2D eigenvalue weighted by Crippen LogP contribution is -2.27. The van der Waals surface area contributed by atoms with E-state index in [9.17, 15) is 13.2 Å². The number of nitrogens with one attached hydrogen (secondary N) is 1. The largest absolute Gasteiger partial charge is 0.313 e. The van der Waals surface area contributed by atoms with E-state index in [-0.39, 0.29) is 11.5 Å². The zero-order valence-electron chi connectivity index (χ0n) is 11.8. The molecule has 1 atom stereocenters. The summed E-state index contributed by atoms with van der Waals surface area (Å²) >= 11 is 0. The molecule has 1 aromatic carbocycles. The Labute approximate surface area is 113 Å². The Hall–Kier alpha value is -1.03. The van der Waals surface area contributed by atoms with Gasteiger partial charge in [0, 0.05) is 23.7 Å². The van der Waals surface area contributed by atoms with Crippen molar-refractivity contribution >= 4 is 0 Å². The van der Waals surface area contributed by atoms with Crippen LogP contribution in [-0.2, 0) is 0 Å². The third-order valence-corrected chi connectivity index (χ3v) is 3.46. The molecule has 0 bridgehead atoms. The Morgan fingerprint density at radius 1 is 1.00 bits per heavy atom. The Balaban J connectivity index is 3.14. The number of hydrogen-bond acceptors (Lipinski definition) is 1. The van der Waals surface area contributed by atoms with Gasteiger partial charge in [0.1, 0.15) is 17.5 Å². The molecule has 0 amide bonds. The molecule has 0 aliphatic rings. The minimum Gasteiger partial charge on any atom is -0.313 e. The number of halogens is 3. The summed E-state index contributed by atoms with van der Waals surface area (Å²) in [5, 5.41) is 2.99. The standard InChI is InChI=1S/C15H22F3N/c1-4-6-10(7-5-2)15(19-3)14-12(17)8-11(16)9-13(14)18/h8-10,15,19H,4-7H2,1-3H3. The van der Waals surface area contributed by atoms with Gasteiger partial charge in [0.15, 0.2) is 0 Å². The van der Waals surface area contributed by atoms with E-state index in [1.165, 1.54) is 0 Å². The lowest BCUT2D eigenvalue weighted by Gasteiger charge is -2.27. The quantitative estimate of drug-likeness (QED) is 0.766. The molecule has 4 heteroatoms. The monoisotopic (exact) mass is 273 g/mol. The van der Waals surface area contributed by atoms with Gasteiger partial charge in [-0.1, -0.05) is 26.7 Å². The lowest BCUT2D eigenvalue weighted by molar-refractivity contribution is 0.313. The van der Waals surface area contributed by atoms with Gasteiger partial charge in [-0.25, -0.2) is 13.2 Å². The molecular weight excluding hydrogens is 251 g/mol. The van der Waals surface area contributed by atoms with E-state index >= 15 is 0 Å². The average Bonchev–Trinajstić information content (AvgIpc) is 2.33. The van der Waals surface area contributed by atoms with E-state index in [4.69, 9.17) is 0 Å². The molecule has 0 aliphatic heterocycles. The maximum absolute atomic E-state index is 13.9. The second kappa shape index (κ2) is 7.53. The van der Waals surface area contributed by atoms with Gasteiger partial charge in [0.25, 0.3) is 0 Å². The smallest absolute Gasteiger partial charge is 0.133 e. The van der Waals surface area contributed by atoms with Crippen LogP contribution in [0.15, 0.2) is 12.1 Å². The maximum atomic E-state index is 13.9. The molecule has 1 nitrogen and oxygen atoms in total. The minimum absolute atomic E-state index is 0.0456. The minimum atomic E-state index is -0.879. The van der Waals surface area contributed by atoms with Crippen molar-refractivity contribution in [3.05, 3.63) is 35.1 Å². The normalized spacial score (nSPS) is 13.0. The van der Waals surface area contributed by atoms with Gasteiger partial charge < -0.3 is 5.32 Å². The van der Waals surface area contributed by atoms with Crippen molar-refractivity contribution in [2.24, 2.45) is 5.92 Å². The summed E-state index contributed by atoms with van der Waals surface area (Å²) in [6.45, 7) is 4.10. The van der Waals surface area contributed by atoms with E-state index in [0.29, 0.717) is 0 Å². The molecule has 0 heterocycles. The molecule has 108 valence electrons. The topological polar surface area (TPSA) is 12.0 Å². The summed E-state index contributed by atoms with van der Waals surface area (Å²) in [7, 11) is 1.69. The van der Waals surface area contributed by atoms with Gasteiger partial charge in [-0.2, -0.15) is 0 Å². The number of benzene rings is 1. The molecule has 0 saturated heterocycles. The van der Waals surface area contributed by atoms with Crippen LogP contribution in [0.25, 0.3) is 0 Å². The molecule has 0 saturated carbocycles. The molecule has 0 radical (unpaired) electrons. The SMILES string of the molecule is CCCC(CCC)C(NC)c1c(F)cc(F)cc1F. The maximum Gasteiger partial charge on any atom is 0.133 e. The van der Waals surface area contributed by atoms with Crippen LogP contribution in [0.5, 0.6) is 0 Å². The second-order valence-corrected chi connectivity index (χ2v) is 4.89. The molecule has 19 heavy (non-hydrogen) atoms. The first-order valence-electron chi connectivity index (χ1n) is 6.86. The van der Waals surface area contributed by atoms with Crippen LogP contribution in [0.4, 0.5) is 13.2 Å². The summed E-state index contributed by atoms with van der Waals surface area (Å²) in [5.74, 6) is -2.35. The highest BCUT2D eigenvalue weighted by molar-refractivity contribution is 5.25. The Bertz CT molecular complexity index is 377. The third-order valence-electron chi connectivity index (χ3n) is 3.46.